The highest BCUT2D eigenvalue weighted by atomic mass is 16.5. The molecule has 1 aliphatic rings. The number of hydrogen-bond acceptors (Lipinski definition) is 5. The molecule has 1 N–H and O–H groups in total. The standard InChI is InChI=1S/C19H29NO4/c1-15-4-5-17(14-19(15)16(2)22)20-8-6-18(7-9-20)24-13-12-23-11-3-10-21/h4-5,14,18,21H,3,6-13H2,1-2H3. The highest BCUT2D eigenvalue weighted by molar-refractivity contribution is 5.96. The van der Waals surface area contributed by atoms with E-state index < -0.39 is 0 Å². The summed E-state index contributed by atoms with van der Waals surface area (Å²) in [6.07, 6.45) is 2.93. The second-order valence-electron chi connectivity index (χ2n) is 6.30. The monoisotopic (exact) mass is 335 g/mol. The summed E-state index contributed by atoms with van der Waals surface area (Å²) in [5.74, 6) is 0.119. The maximum absolute atomic E-state index is 11.7. The molecule has 1 aromatic rings. The van der Waals surface area contributed by atoms with Gasteiger partial charge in [-0.15, -0.1) is 0 Å². The van der Waals surface area contributed by atoms with Gasteiger partial charge >= 0.3 is 0 Å². The molecule has 0 atom stereocenters. The van der Waals surface area contributed by atoms with E-state index in [1.54, 1.807) is 6.92 Å². The van der Waals surface area contributed by atoms with Crippen LogP contribution in [0.3, 0.4) is 0 Å². The molecule has 0 spiro atoms. The number of nitrogens with zero attached hydrogens (tertiary/aromatic N) is 1. The largest absolute Gasteiger partial charge is 0.396 e. The molecule has 0 amide bonds. The number of carbonyl (C=O) groups excluding carboxylic acids is 1. The van der Waals surface area contributed by atoms with Gasteiger partial charge in [0.2, 0.25) is 0 Å². The number of aliphatic hydroxyl groups is 1. The number of ketones is 1. The van der Waals surface area contributed by atoms with Crippen molar-refractivity contribution in [2.45, 2.75) is 39.2 Å². The zero-order valence-corrected chi connectivity index (χ0v) is 14.8. The van der Waals surface area contributed by atoms with Gasteiger partial charge in [0.25, 0.3) is 0 Å². The Morgan fingerprint density at radius 2 is 2.00 bits per heavy atom. The number of anilines is 1. The van der Waals surface area contributed by atoms with Gasteiger partial charge in [0, 0.05) is 37.6 Å². The molecule has 0 aliphatic carbocycles. The van der Waals surface area contributed by atoms with E-state index in [1.165, 1.54) is 0 Å². The Balaban J connectivity index is 1.74. The highest BCUT2D eigenvalue weighted by Gasteiger charge is 2.20. The van der Waals surface area contributed by atoms with Crippen molar-refractivity contribution in [2.75, 3.05) is 44.4 Å². The number of hydrogen-bond donors (Lipinski definition) is 1. The Labute approximate surface area is 144 Å². The molecule has 0 bridgehead atoms. The topological polar surface area (TPSA) is 59.0 Å². The Morgan fingerprint density at radius 3 is 2.67 bits per heavy atom. The molecule has 5 heteroatoms. The van der Waals surface area contributed by atoms with Gasteiger partial charge in [-0.2, -0.15) is 0 Å². The molecule has 0 saturated carbocycles. The second kappa shape index (κ2) is 9.77. The summed E-state index contributed by atoms with van der Waals surface area (Å²) in [5.41, 5.74) is 2.97. The minimum atomic E-state index is 0.119. The molecule has 24 heavy (non-hydrogen) atoms. The van der Waals surface area contributed by atoms with Crippen molar-refractivity contribution >= 4 is 11.5 Å². The first-order valence-electron chi connectivity index (χ1n) is 8.78. The van der Waals surface area contributed by atoms with Crippen molar-refractivity contribution in [1.82, 2.24) is 0 Å². The first-order chi connectivity index (χ1) is 11.6. The summed E-state index contributed by atoms with van der Waals surface area (Å²) < 4.78 is 11.2. The van der Waals surface area contributed by atoms with Crippen LogP contribution in [0.1, 0.15) is 42.1 Å². The van der Waals surface area contributed by atoms with Crippen LogP contribution in [-0.2, 0) is 9.47 Å². The number of piperidine rings is 1. The van der Waals surface area contributed by atoms with E-state index in [4.69, 9.17) is 14.6 Å². The summed E-state index contributed by atoms with van der Waals surface area (Å²) >= 11 is 0. The van der Waals surface area contributed by atoms with E-state index in [0.717, 1.165) is 42.7 Å². The van der Waals surface area contributed by atoms with Crippen LogP contribution in [0.2, 0.25) is 0 Å². The fourth-order valence-electron chi connectivity index (χ4n) is 3.01. The number of Topliss-reactive ketones (excluding diaryl/α,β-unsaturated/α-hetero) is 1. The normalized spacial score (nSPS) is 15.7. The third-order valence-electron chi connectivity index (χ3n) is 4.44. The van der Waals surface area contributed by atoms with Crippen LogP contribution >= 0.6 is 0 Å². The highest BCUT2D eigenvalue weighted by Crippen LogP contribution is 2.24. The minimum absolute atomic E-state index is 0.119. The molecule has 1 aliphatic heterocycles. The first-order valence-corrected chi connectivity index (χ1v) is 8.78. The minimum Gasteiger partial charge on any atom is -0.396 e. The first kappa shape index (κ1) is 18.9. The van der Waals surface area contributed by atoms with Crippen LogP contribution in [0.15, 0.2) is 18.2 Å². The van der Waals surface area contributed by atoms with Gasteiger partial charge in [-0.3, -0.25) is 4.79 Å². The number of carbonyl (C=O) groups is 1. The quantitative estimate of drug-likeness (QED) is 0.555. The number of aryl methyl sites for hydroxylation is 1. The molecule has 1 heterocycles. The lowest BCUT2D eigenvalue weighted by molar-refractivity contribution is -0.00662. The fraction of sp³-hybridized carbons (Fsp3) is 0.632. The summed E-state index contributed by atoms with van der Waals surface area (Å²) in [4.78, 5) is 14.0. The molecule has 1 saturated heterocycles. The average molecular weight is 335 g/mol. The third-order valence-corrected chi connectivity index (χ3v) is 4.44. The van der Waals surface area contributed by atoms with Gasteiger partial charge in [-0.05, 0) is 50.8 Å². The van der Waals surface area contributed by atoms with Crippen LogP contribution in [-0.4, -0.2) is 56.5 Å². The summed E-state index contributed by atoms with van der Waals surface area (Å²) in [6.45, 7) is 7.42. The molecule has 1 aromatic carbocycles. The van der Waals surface area contributed by atoms with Gasteiger partial charge in [0.1, 0.15) is 0 Å². The Kier molecular flexibility index (Phi) is 7.69. The molecule has 1 fully saturated rings. The molecule has 0 radical (unpaired) electrons. The Morgan fingerprint density at radius 1 is 1.25 bits per heavy atom. The third kappa shape index (κ3) is 5.58. The van der Waals surface area contributed by atoms with Gasteiger partial charge in [-0.1, -0.05) is 6.07 Å². The lowest BCUT2D eigenvalue weighted by atomic mass is 10.0. The van der Waals surface area contributed by atoms with Gasteiger partial charge in [-0.25, -0.2) is 0 Å². The fourth-order valence-corrected chi connectivity index (χ4v) is 3.01. The predicted octanol–water partition coefficient (Wildman–Crippen LogP) is 2.58. The number of ether oxygens (including phenoxy) is 2. The molecule has 2 rings (SSSR count). The van der Waals surface area contributed by atoms with Crippen LogP contribution in [0.4, 0.5) is 5.69 Å². The van der Waals surface area contributed by atoms with Gasteiger partial charge in [0.05, 0.1) is 19.3 Å². The van der Waals surface area contributed by atoms with Crippen molar-refractivity contribution in [3.8, 4) is 0 Å². The predicted molar refractivity (Wildman–Crippen MR) is 94.9 cm³/mol. The summed E-state index contributed by atoms with van der Waals surface area (Å²) in [6, 6.07) is 6.13. The van der Waals surface area contributed by atoms with Crippen LogP contribution in [0, 0.1) is 6.92 Å². The molecule has 0 aromatic heterocycles. The smallest absolute Gasteiger partial charge is 0.160 e. The molecule has 134 valence electrons. The number of aliphatic hydroxyl groups excluding tert-OH is 1. The SMILES string of the molecule is CC(=O)c1cc(N2CCC(OCCOCCCO)CC2)ccc1C. The van der Waals surface area contributed by atoms with Crippen molar-refractivity contribution in [3.63, 3.8) is 0 Å². The van der Waals surface area contributed by atoms with E-state index >= 15 is 0 Å². The van der Waals surface area contributed by atoms with Gasteiger partial charge < -0.3 is 19.5 Å². The van der Waals surface area contributed by atoms with Crippen molar-refractivity contribution in [3.05, 3.63) is 29.3 Å². The van der Waals surface area contributed by atoms with Crippen molar-refractivity contribution < 1.29 is 19.4 Å². The Hall–Kier alpha value is -1.43. The molecule has 5 nitrogen and oxygen atoms in total. The van der Waals surface area contributed by atoms with Crippen LogP contribution in [0.25, 0.3) is 0 Å². The van der Waals surface area contributed by atoms with Crippen molar-refractivity contribution in [2.24, 2.45) is 0 Å². The lowest BCUT2D eigenvalue weighted by Crippen LogP contribution is -2.37. The Bertz CT molecular complexity index is 524. The van der Waals surface area contributed by atoms with E-state index in [-0.39, 0.29) is 18.5 Å². The van der Waals surface area contributed by atoms with Gasteiger partial charge in [0.15, 0.2) is 5.78 Å². The average Bonchev–Trinajstić information content (AvgIpc) is 2.59. The number of rotatable bonds is 9. The summed E-state index contributed by atoms with van der Waals surface area (Å²) in [7, 11) is 0. The molecule has 0 unspecified atom stereocenters. The van der Waals surface area contributed by atoms with E-state index in [0.29, 0.717) is 26.2 Å². The molecular formula is C19H29NO4. The van der Waals surface area contributed by atoms with E-state index in [9.17, 15) is 4.79 Å². The lowest BCUT2D eigenvalue weighted by Gasteiger charge is -2.33. The van der Waals surface area contributed by atoms with E-state index in [1.807, 2.05) is 19.1 Å². The van der Waals surface area contributed by atoms with Crippen molar-refractivity contribution in [1.29, 1.82) is 0 Å². The maximum atomic E-state index is 11.7. The zero-order valence-electron chi connectivity index (χ0n) is 14.8. The zero-order chi connectivity index (χ0) is 17.4. The van der Waals surface area contributed by atoms with E-state index in [2.05, 4.69) is 11.0 Å². The maximum Gasteiger partial charge on any atom is 0.160 e. The molecular weight excluding hydrogens is 306 g/mol. The second-order valence-corrected chi connectivity index (χ2v) is 6.30. The van der Waals surface area contributed by atoms with Crippen LogP contribution < -0.4 is 4.90 Å². The van der Waals surface area contributed by atoms with Crippen LogP contribution in [0.5, 0.6) is 0 Å². The summed E-state index contributed by atoms with van der Waals surface area (Å²) in [5, 5.41) is 8.67. The number of benzene rings is 1.